The van der Waals surface area contributed by atoms with E-state index in [0.29, 0.717) is 24.2 Å². The zero-order valence-electron chi connectivity index (χ0n) is 10.7. The molecule has 1 aromatic heterocycles. The van der Waals surface area contributed by atoms with Gasteiger partial charge >= 0.3 is 0 Å². The van der Waals surface area contributed by atoms with Crippen molar-refractivity contribution in [2.45, 2.75) is 32.6 Å². The molecular formula is C12H18ClNO2Si. The van der Waals surface area contributed by atoms with Crippen molar-refractivity contribution in [3.63, 3.8) is 0 Å². The summed E-state index contributed by atoms with van der Waals surface area (Å²) in [7, 11) is -1.13. The Morgan fingerprint density at radius 2 is 2.12 bits per heavy atom. The van der Waals surface area contributed by atoms with Crippen molar-refractivity contribution in [1.29, 1.82) is 0 Å². The first-order valence-corrected chi connectivity index (χ1v) is 9.67. The quantitative estimate of drug-likeness (QED) is 0.467. The fourth-order valence-corrected chi connectivity index (χ4v) is 2.30. The maximum Gasteiger partial charge on any atom is 0.156 e. The molecule has 0 aliphatic carbocycles. The van der Waals surface area contributed by atoms with E-state index in [-0.39, 0.29) is 5.15 Å². The van der Waals surface area contributed by atoms with Crippen LogP contribution in [0.3, 0.4) is 0 Å². The highest BCUT2D eigenvalue weighted by atomic mass is 35.5. The Kier molecular flexibility index (Phi) is 4.71. The summed E-state index contributed by atoms with van der Waals surface area (Å²) >= 11 is 5.89. The van der Waals surface area contributed by atoms with Crippen LogP contribution in [0.4, 0.5) is 0 Å². The molecule has 0 saturated carbocycles. The molecule has 1 heterocycles. The van der Waals surface area contributed by atoms with Gasteiger partial charge in [-0.15, -0.1) is 0 Å². The molecule has 0 spiro atoms. The third kappa shape index (κ3) is 4.48. The second-order valence-electron chi connectivity index (χ2n) is 5.24. The molecule has 1 aromatic rings. The van der Waals surface area contributed by atoms with E-state index in [2.05, 4.69) is 24.6 Å². The molecule has 0 aliphatic rings. The van der Waals surface area contributed by atoms with Gasteiger partial charge in [-0.3, -0.25) is 4.79 Å². The fraction of sp³-hybridized carbons (Fsp3) is 0.500. The molecule has 1 rings (SSSR count). The SMILES string of the molecule is Cc1cc(OCC[Si](C)(C)C)c(C=O)c(Cl)n1. The fourth-order valence-electron chi connectivity index (χ4n) is 1.31. The summed E-state index contributed by atoms with van der Waals surface area (Å²) in [6.07, 6.45) is 0.693. The summed E-state index contributed by atoms with van der Waals surface area (Å²) in [5.74, 6) is 0.538. The van der Waals surface area contributed by atoms with Crippen molar-refractivity contribution in [3.05, 3.63) is 22.5 Å². The van der Waals surface area contributed by atoms with E-state index >= 15 is 0 Å². The first kappa shape index (κ1) is 14.2. The summed E-state index contributed by atoms with van der Waals surface area (Å²) in [4.78, 5) is 14.9. The Balaban J connectivity index is 2.80. The molecule has 0 fully saturated rings. The van der Waals surface area contributed by atoms with Crippen LogP contribution in [0.15, 0.2) is 6.07 Å². The van der Waals surface area contributed by atoms with Gasteiger partial charge in [-0.25, -0.2) is 4.98 Å². The number of hydrogen-bond acceptors (Lipinski definition) is 3. The molecular weight excluding hydrogens is 254 g/mol. The zero-order valence-corrected chi connectivity index (χ0v) is 12.5. The lowest BCUT2D eigenvalue weighted by atomic mass is 10.2. The zero-order chi connectivity index (χ0) is 13.1. The van der Waals surface area contributed by atoms with Crippen LogP contribution in [0.2, 0.25) is 30.8 Å². The van der Waals surface area contributed by atoms with Crippen LogP contribution >= 0.6 is 11.6 Å². The average molecular weight is 272 g/mol. The first-order valence-electron chi connectivity index (χ1n) is 5.58. The van der Waals surface area contributed by atoms with Crippen molar-refractivity contribution in [3.8, 4) is 5.75 Å². The minimum Gasteiger partial charge on any atom is -0.493 e. The largest absolute Gasteiger partial charge is 0.493 e. The summed E-state index contributed by atoms with van der Waals surface area (Å²) in [5, 5.41) is 0.211. The van der Waals surface area contributed by atoms with E-state index in [0.717, 1.165) is 11.7 Å². The topological polar surface area (TPSA) is 39.2 Å². The number of aryl methyl sites for hydroxylation is 1. The molecule has 0 radical (unpaired) electrons. The van der Waals surface area contributed by atoms with Crippen LogP contribution in [0.5, 0.6) is 5.75 Å². The van der Waals surface area contributed by atoms with Gasteiger partial charge in [0, 0.05) is 19.8 Å². The first-order chi connectivity index (χ1) is 7.83. The second kappa shape index (κ2) is 5.64. The van der Waals surface area contributed by atoms with Gasteiger partial charge < -0.3 is 4.74 Å². The molecule has 0 unspecified atom stereocenters. The lowest BCUT2D eigenvalue weighted by Gasteiger charge is -2.17. The number of aldehydes is 1. The Hall–Kier alpha value is -0.873. The molecule has 0 bridgehead atoms. The molecule has 0 saturated heterocycles. The van der Waals surface area contributed by atoms with Crippen molar-refractivity contribution >= 4 is 26.0 Å². The molecule has 0 aliphatic heterocycles. The monoisotopic (exact) mass is 271 g/mol. The Bertz CT molecular complexity index is 416. The van der Waals surface area contributed by atoms with Crippen LogP contribution in [0, 0.1) is 6.92 Å². The van der Waals surface area contributed by atoms with Gasteiger partial charge in [-0.1, -0.05) is 31.2 Å². The summed E-state index contributed by atoms with van der Waals surface area (Å²) in [6.45, 7) is 9.29. The van der Waals surface area contributed by atoms with E-state index in [9.17, 15) is 4.79 Å². The molecule has 94 valence electrons. The highest BCUT2D eigenvalue weighted by molar-refractivity contribution is 6.76. The summed E-state index contributed by atoms with van der Waals surface area (Å²) < 4.78 is 5.64. The molecule has 0 aromatic carbocycles. The number of hydrogen-bond donors (Lipinski definition) is 0. The van der Waals surface area contributed by atoms with Gasteiger partial charge in [0.25, 0.3) is 0 Å². The van der Waals surface area contributed by atoms with Gasteiger partial charge in [0.1, 0.15) is 10.9 Å². The summed E-state index contributed by atoms with van der Waals surface area (Å²) in [5.41, 5.74) is 1.09. The molecule has 3 nitrogen and oxygen atoms in total. The average Bonchev–Trinajstić information content (AvgIpc) is 2.14. The van der Waals surface area contributed by atoms with Crippen molar-refractivity contribution in [2.24, 2.45) is 0 Å². The minimum absolute atomic E-state index is 0.211. The van der Waals surface area contributed by atoms with E-state index in [4.69, 9.17) is 16.3 Å². The number of ether oxygens (including phenoxy) is 1. The Morgan fingerprint density at radius 3 is 2.65 bits per heavy atom. The highest BCUT2D eigenvalue weighted by Crippen LogP contribution is 2.24. The molecule has 0 N–H and O–H groups in total. The van der Waals surface area contributed by atoms with E-state index in [1.807, 2.05) is 6.92 Å². The van der Waals surface area contributed by atoms with Crippen molar-refractivity contribution in [1.82, 2.24) is 4.98 Å². The maximum atomic E-state index is 10.9. The standard InChI is InChI=1S/C12H18ClNO2Si/c1-9-7-11(10(8-15)12(13)14-9)16-5-6-17(2,3)4/h7-8H,5-6H2,1-4H3. The lowest BCUT2D eigenvalue weighted by molar-refractivity contribution is 0.111. The van der Waals surface area contributed by atoms with Crippen LogP contribution in [-0.4, -0.2) is 26.0 Å². The van der Waals surface area contributed by atoms with Crippen LogP contribution in [0.25, 0.3) is 0 Å². The van der Waals surface area contributed by atoms with Gasteiger partial charge in [0.15, 0.2) is 6.29 Å². The third-order valence-corrected chi connectivity index (χ3v) is 4.32. The Labute approximate surface area is 108 Å². The van der Waals surface area contributed by atoms with E-state index in [1.54, 1.807) is 6.07 Å². The van der Waals surface area contributed by atoms with Crippen molar-refractivity contribution < 1.29 is 9.53 Å². The van der Waals surface area contributed by atoms with Crippen LogP contribution < -0.4 is 4.74 Å². The highest BCUT2D eigenvalue weighted by Gasteiger charge is 2.15. The van der Waals surface area contributed by atoms with Gasteiger partial charge in [0.2, 0.25) is 0 Å². The maximum absolute atomic E-state index is 10.9. The number of rotatable bonds is 5. The number of pyridine rings is 1. The predicted molar refractivity (Wildman–Crippen MR) is 73.0 cm³/mol. The normalized spacial score (nSPS) is 11.4. The van der Waals surface area contributed by atoms with Gasteiger partial charge in [0.05, 0.1) is 12.2 Å². The van der Waals surface area contributed by atoms with Gasteiger partial charge in [-0.05, 0) is 13.0 Å². The number of nitrogens with zero attached hydrogens (tertiary/aromatic N) is 1. The van der Waals surface area contributed by atoms with E-state index < -0.39 is 8.07 Å². The minimum atomic E-state index is -1.13. The second-order valence-corrected chi connectivity index (χ2v) is 11.2. The molecule has 0 amide bonds. The van der Waals surface area contributed by atoms with E-state index in [1.165, 1.54) is 0 Å². The smallest absolute Gasteiger partial charge is 0.156 e. The summed E-state index contributed by atoms with van der Waals surface area (Å²) in [6, 6.07) is 2.80. The number of halogens is 1. The van der Waals surface area contributed by atoms with Gasteiger partial charge in [-0.2, -0.15) is 0 Å². The lowest BCUT2D eigenvalue weighted by Crippen LogP contribution is -2.22. The van der Waals surface area contributed by atoms with Crippen molar-refractivity contribution in [2.75, 3.05) is 6.61 Å². The predicted octanol–water partition coefficient (Wildman–Crippen LogP) is 3.57. The number of carbonyl (C=O) groups excluding carboxylic acids is 1. The van der Waals surface area contributed by atoms with Crippen LogP contribution in [0.1, 0.15) is 16.1 Å². The van der Waals surface area contributed by atoms with Crippen LogP contribution in [-0.2, 0) is 0 Å². The number of carbonyl (C=O) groups is 1. The molecule has 5 heteroatoms. The Morgan fingerprint density at radius 1 is 1.47 bits per heavy atom. The number of aromatic nitrogens is 1. The third-order valence-electron chi connectivity index (χ3n) is 2.33. The molecule has 17 heavy (non-hydrogen) atoms. The molecule has 0 atom stereocenters.